The fourth-order valence-electron chi connectivity index (χ4n) is 23.0. The van der Waals surface area contributed by atoms with Gasteiger partial charge in [-0.2, -0.15) is 0 Å². The molecule has 0 bridgehead atoms. The first-order chi connectivity index (χ1) is 67.4. The number of amides is 8. The van der Waals surface area contributed by atoms with E-state index in [0.717, 1.165) is 140 Å². The van der Waals surface area contributed by atoms with Crippen molar-refractivity contribution in [3.63, 3.8) is 0 Å². The van der Waals surface area contributed by atoms with Crippen LogP contribution in [0.15, 0.2) is 182 Å². The number of unbranched alkanes of at least 4 members (excludes halogenated alkanes) is 4. The van der Waals surface area contributed by atoms with Crippen molar-refractivity contribution in [2.24, 2.45) is 0 Å². The Labute approximate surface area is 791 Å². The zero-order chi connectivity index (χ0) is 94.5. The van der Waals surface area contributed by atoms with Gasteiger partial charge >= 0.3 is 23.9 Å². The van der Waals surface area contributed by atoms with E-state index in [4.69, 9.17) is 28.4 Å². The Morgan fingerprint density at radius 3 is 0.783 bits per heavy atom. The van der Waals surface area contributed by atoms with E-state index in [2.05, 4.69) is 0 Å². The van der Waals surface area contributed by atoms with Crippen LogP contribution < -0.4 is 9.47 Å². The lowest BCUT2D eigenvalue weighted by molar-refractivity contribution is 0.0484. The van der Waals surface area contributed by atoms with Crippen molar-refractivity contribution in [3.8, 4) is 23.0 Å². The average molecular weight is 1830 g/mol. The predicted molar refractivity (Wildman–Crippen MR) is 530 cm³/mol. The number of imide groups is 4. The second-order valence-corrected chi connectivity index (χ2v) is 37.7. The first kappa shape index (κ1) is 86.8. The molecule has 0 radical (unpaired) electrons. The quantitative estimate of drug-likeness (QED) is 0.0110. The molecule has 6 aliphatic rings. The minimum absolute atomic E-state index is 0.00183. The number of hydrogen-bond donors (Lipinski definition) is 0. The number of hydrogen-bond acceptors (Lipinski definition) is 18. The average Bonchev–Trinajstić information content (AvgIpc) is 0.695. The summed E-state index contributed by atoms with van der Waals surface area (Å²) in [6, 6.07) is 53.4. The predicted octanol–water partition coefficient (Wildman–Crippen LogP) is 24.8. The summed E-state index contributed by atoms with van der Waals surface area (Å²) in [5.41, 5.74) is 4.90. The van der Waals surface area contributed by atoms with E-state index in [1.165, 1.54) is 19.6 Å². The van der Waals surface area contributed by atoms with Crippen LogP contribution in [-0.2, 0) is 31.8 Å². The molecule has 2 fully saturated rings. The van der Waals surface area contributed by atoms with E-state index in [1.807, 2.05) is 125 Å². The summed E-state index contributed by atoms with van der Waals surface area (Å²) in [4.78, 5) is 184. The monoisotopic (exact) mass is 1830 g/mol. The standard InChI is InChI=1S/C116H96N4O18/c1-5-9-55-133-113(129)85-49-39-75-102-90(138-66-29-25-62(26-30-66)52-54-118-107(123)79-43-33-69-73-37-47-83-98-84(112(128)120(111(83)127)64-21-17-14-18-22-64)48-38-74(94(73)98)70-34-44-80(108(118)124)96(79)92(69)70)60-88(116(132)136-58-12-8-4)100-86(114(130)134-56-10-6-2)50-40-76(104(100)102)101-89(59-87(99(85)103(75)101)115(131)135-57-11-7-3)137-65-27-23-61(24-28-65)51-53-117-105(121)77-41-31-67-71-35-45-81-97-82(110(126)119(109(81)125)63-19-15-13-16-20-63)46-36-72(93(71)97)68-32-42-78(106(117)122)95(77)91(67)68/h23-50,59-60,63-64H,5-22,51-58H2,1-4H3. The molecule has 4 heterocycles. The Balaban J connectivity index is 0.587. The van der Waals surface area contributed by atoms with E-state index in [0.29, 0.717) is 150 Å². The van der Waals surface area contributed by atoms with Crippen LogP contribution in [-0.4, -0.2) is 142 Å². The van der Waals surface area contributed by atoms with E-state index in [-0.39, 0.29) is 144 Å². The van der Waals surface area contributed by atoms with E-state index in [1.54, 1.807) is 84.9 Å². The van der Waals surface area contributed by atoms with Gasteiger partial charge in [0, 0.05) is 124 Å². The topological polar surface area (TPSA) is 273 Å². The molecule has 23 rings (SSSR count). The number of esters is 4. The lowest BCUT2D eigenvalue weighted by Gasteiger charge is -2.36. The Bertz CT molecular complexity index is 7490. The van der Waals surface area contributed by atoms with Crippen LogP contribution in [0.25, 0.3) is 129 Å². The van der Waals surface area contributed by atoms with Gasteiger partial charge in [-0.1, -0.05) is 177 Å². The third-order valence-electron chi connectivity index (χ3n) is 29.8. The molecule has 22 nitrogen and oxygen atoms in total. The molecule has 0 spiro atoms. The Morgan fingerprint density at radius 2 is 0.514 bits per heavy atom. The largest absolute Gasteiger partial charge is 0.462 e. The zero-order valence-corrected chi connectivity index (χ0v) is 77.0. The van der Waals surface area contributed by atoms with Crippen LogP contribution in [0, 0.1) is 0 Å². The van der Waals surface area contributed by atoms with Gasteiger partial charge in [-0.15, -0.1) is 0 Å². The van der Waals surface area contributed by atoms with Crippen LogP contribution >= 0.6 is 0 Å². The molecule has 138 heavy (non-hydrogen) atoms. The van der Waals surface area contributed by atoms with E-state index in [9.17, 15) is 28.8 Å². The highest BCUT2D eigenvalue weighted by atomic mass is 16.5. The highest BCUT2D eigenvalue weighted by Gasteiger charge is 2.44. The summed E-state index contributed by atoms with van der Waals surface area (Å²) >= 11 is 0. The van der Waals surface area contributed by atoms with Gasteiger partial charge in [-0.05, 0) is 248 Å². The second-order valence-electron chi connectivity index (χ2n) is 37.7. The third-order valence-corrected chi connectivity index (χ3v) is 29.8. The van der Waals surface area contributed by atoms with Crippen LogP contribution in [0.3, 0.4) is 0 Å². The first-order valence-electron chi connectivity index (χ1n) is 48.7. The molecular weight excluding hydrogens is 1740 g/mol. The van der Waals surface area contributed by atoms with Crippen molar-refractivity contribution in [2.45, 2.75) is 168 Å². The van der Waals surface area contributed by atoms with Crippen molar-refractivity contribution in [1.29, 1.82) is 0 Å². The fourth-order valence-corrected chi connectivity index (χ4v) is 23.0. The maximum absolute atomic E-state index is 15.3. The molecule has 0 saturated heterocycles. The van der Waals surface area contributed by atoms with E-state index >= 15 is 28.8 Å². The van der Waals surface area contributed by atoms with Crippen molar-refractivity contribution in [1.82, 2.24) is 19.6 Å². The minimum atomic E-state index is -0.763. The highest BCUT2D eigenvalue weighted by molar-refractivity contribution is 6.45. The van der Waals surface area contributed by atoms with Crippen molar-refractivity contribution in [3.05, 3.63) is 260 Å². The van der Waals surface area contributed by atoms with Gasteiger partial charge in [0.25, 0.3) is 47.3 Å². The normalized spacial score (nSPS) is 15.4. The number of fused-ring (bicyclic) bond motifs is 6. The smallest absolute Gasteiger partial charge is 0.338 e. The van der Waals surface area contributed by atoms with Gasteiger partial charge in [-0.25, -0.2) is 19.2 Å². The Morgan fingerprint density at radius 1 is 0.261 bits per heavy atom. The van der Waals surface area contributed by atoms with Crippen molar-refractivity contribution >= 4 is 200 Å². The summed E-state index contributed by atoms with van der Waals surface area (Å²) in [6.45, 7) is 8.12. The molecule has 0 unspecified atom stereocenters. The molecule has 0 atom stereocenters. The number of carbonyl (C=O) groups excluding carboxylic acids is 12. The molecule has 17 aromatic rings. The molecular formula is C116H96N4O18. The summed E-state index contributed by atoms with van der Waals surface area (Å²) in [5, 5.41) is 14.3. The van der Waals surface area contributed by atoms with Gasteiger partial charge in [0.2, 0.25) is 0 Å². The summed E-state index contributed by atoms with van der Waals surface area (Å²) in [6.07, 6.45) is 14.5. The summed E-state index contributed by atoms with van der Waals surface area (Å²) < 4.78 is 38.6. The molecule has 688 valence electrons. The number of rotatable bonds is 28. The molecule has 0 aromatic heterocycles. The van der Waals surface area contributed by atoms with Crippen LogP contribution in [0.1, 0.15) is 279 Å². The lowest BCUT2D eigenvalue weighted by Crippen LogP contribution is -2.47. The second kappa shape index (κ2) is 34.5. The van der Waals surface area contributed by atoms with Gasteiger partial charge in [0.15, 0.2) is 0 Å². The third kappa shape index (κ3) is 13.6. The van der Waals surface area contributed by atoms with Gasteiger partial charge < -0.3 is 28.4 Å². The van der Waals surface area contributed by atoms with Crippen molar-refractivity contribution in [2.75, 3.05) is 39.5 Å². The van der Waals surface area contributed by atoms with Gasteiger partial charge in [0.1, 0.15) is 23.0 Å². The fraction of sp³-hybridized carbons (Fsp3) is 0.276. The number of carbonyl (C=O) groups is 12. The molecule has 2 saturated carbocycles. The maximum Gasteiger partial charge on any atom is 0.338 e. The molecule has 4 aliphatic heterocycles. The Kier molecular flexibility index (Phi) is 21.7. The SMILES string of the molecule is CCCCOC(=O)c1ccc2c3c(Oc4ccc(CCN5C(=O)c6ccc7c8ccc9c%10c(ccc(c%11ccc(c6c7%11)C5=O)c%108)C(=O)N(C5CCCCC5)C9=O)cc4)cc(C(=O)OCCCC)c4c(C(=O)OCCCC)ccc(c5c(Oc6ccc(CCN7C(=O)c8ccc9c%10ccc%11c%12c(ccc(c%13ccc(c8c9%13)C7=O)c%12%10)C(=O)N(C7CCCCC7)C%11=O)cc6)cc(C(=O)OCCCC)c1c25)c43. The van der Waals surface area contributed by atoms with Gasteiger partial charge in [0.05, 0.1) is 48.7 Å². The number of nitrogens with zero attached hydrogens (tertiary/aromatic N) is 4. The lowest BCUT2D eigenvalue weighted by atomic mass is 9.81. The Hall–Kier alpha value is -15.3. The molecule has 0 N–H and O–H groups in total. The van der Waals surface area contributed by atoms with Crippen LogP contribution in [0.2, 0.25) is 0 Å². The van der Waals surface area contributed by atoms with Crippen LogP contribution in [0.4, 0.5) is 0 Å². The van der Waals surface area contributed by atoms with Gasteiger partial charge in [-0.3, -0.25) is 58.0 Å². The number of benzene rings is 17. The first-order valence-corrected chi connectivity index (χ1v) is 48.7. The minimum Gasteiger partial charge on any atom is -0.462 e. The summed E-state index contributed by atoms with van der Waals surface area (Å²) in [5.74, 6) is -5.13. The molecule has 8 amide bonds. The maximum atomic E-state index is 15.3. The van der Waals surface area contributed by atoms with E-state index < -0.39 is 47.5 Å². The molecule has 17 aromatic carbocycles. The van der Waals surface area contributed by atoms with Crippen molar-refractivity contribution < 1.29 is 86.0 Å². The zero-order valence-electron chi connectivity index (χ0n) is 77.0. The molecule has 22 heteroatoms. The summed E-state index contributed by atoms with van der Waals surface area (Å²) in [7, 11) is 0. The molecule has 2 aliphatic carbocycles. The highest BCUT2D eigenvalue weighted by Crippen LogP contribution is 2.55. The van der Waals surface area contributed by atoms with Crippen LogP contribution in [0.5, 0.6) is 23.0 Å². The number of ether oxygens (including phenoxy) is 6.